The zero-order valence-electron chi connectivity index (χ0n) is 11.2. The Morgan fingerprint density at radius 3 is 2.41 bits per heavy atom. The van der Waals surface area contributed by atoms with Crippen molar-refractivity contribution in [1.82, 2.24) is 4.90 Å². The fraction of sp³-hybridized carbons (Fsp3) is 0.923. The first kappa shape index (κ1) is 16.7. The van der Waals surface area contributed by atoms with E-state index in [1.54, 1.807) is 6.92 Å². The molecule has 0 bridgehead atoms. The molecular weight excluding hydrogens is 236 g/mol. The minimum absolute atomic E-state index is 0. The molecule has 0 saturated heterocycles. The predicted molar refractivity (Wildman–Crippen MR) is 74.3 cm³/mol. The van der Waals surface area contributed by atoms with Crippen LogP contribution in [0.5, 0.6) is 0 Å². The Morgan fingerprint density at radius 2 is 1.94 bits per heavy atom. The maximum atomic E-state index is 11.9. The quantitative estimate of drug-likeness (QED) is 0.828. The molecule has 4 heteroatoms. The van der Waals surface area contributed by atoms with Crippen LogP contribution in [0.2, 0.25) is 0 Å². The summed E-state index contributed by atoms with van der Waals surface area (Å²) in [5.41, 5.74) is 5.68. The zero-order valence-corrected chi connectivity index (χ0v) is 12.0. The Labute approximate surface area is 112 Å². The summed E-state index contributed by atoms with van der Waals surface area (Å²) >= 11 is 0. The molecule has 0 aromatic carbocycles. The smallest absolute Gasteiger partial charge is 0.239 e. The highest BCUT2D eigenvalue weighted by Crippen LogP contribution is 2.24. The van der Waals surface area contributed by atoms with Crippen molar-refractivity contribution in [2.75, 3.05) is 13.1 Å². The molecule has 0 radical (unpaired) electrons. The number of hydrogen-bond acceptors (Lipinski definition) is 2. The van der Waals surface area contributed by atoms with E-state index in [1.165, 1.54) is 32.1 Å². The third-order valence-corrected chi connectivity index (χ3v) is 3.40. The van der Waals surface area contributed by atoms with Crippen molar-refractivity contribution in [3.8, 4) is 0 Å². The van der Waals surface area contributed by atoms with Crippen LogP contribution in [0.15, 0.2) is 0 Å². The third kappa shape index (κ3) is 5.73. The Balaban J connectivity index is 0.00000256. The molecule has 1 saturated carbocycles. The lowest BCUT2D eigenvalue weighted by atomic mass is 9.89. The topological polar surface area (TPSA) is 46.3 Å². The highest BCUT2D eigenvalue weighted by molar-refractivity contribution is 5.85. The van der Waals surface area contributed by atoms with E-state index in [1.807, 2.05) is 4.90 Å². The van der Waals surface area contributed by atoms with Crippen molar-refractivity contribution in [3.05, 3.63) is 0 Å². The second kappa shape index (κ2) is 8.76. The van der Waals surface area contributed by atoms with E-state index in [0.29, 0.717) is 5.92 Å². The predicted octanol–water partition coefficient (Wildman–Crippen LogP) is 2.57. The van der Waals surface area contributed by atoms with E-state index in [0.717, 1.165) is 19.5 Å². The first-order valence-corrected chi connectivity index (χ1v) is 6.69. The number of halogens is 1. The van der Waals surface area contributed by atoms with Gasteiger partial charge < -0.3 is 10.6 Å². The molecule has 1 aliphatic rings. The maximum Gasteiger partial charge on any atom is 0.239 e. The van der Waals surface area contributed by atoms with E-state index in [9.17, 15) is 4.79 Å². The third-order valence-electron chi connectivity index (χ3n) is 3.40. The van der Waals surface area contributed by atoms with Gasteiger partial charge in [0, 0.05) is 13.1 Å². The number of carbonyl (C=O) groups is 1. The van der Waals surface area contributed by atoms with E-state index >= 15 is 0 Å². The van der Waals surface area contributed by atoms with Gasteiger partial charge >= 0.3 is 0 Å². The first-order chi connectivity index (χ1) is 7.65. The van der Waals surface area contributed by atoms with E-state index in [2.05, 4.69) is 6.92 Å². The number of rotatable bonds is 5. The molecule has 1 aliphatic carbocycles. The van der Waals surface area contributed by atoms with Gasteiger partial charge in [-0.3, -0.25) is 4.79 Å². The van der Waals surface area contributed by atoms with E-state index in [4.69, 9.17) is 5.73 Å². The van der Waals surface area contributed by atoms with Gasteiger partial charge in [0.15, 0.2) is 0 Å². The lowest BCUT2D eigenvalue weighted by Gasteiger charge is -2.30. The zero-order chi connectivity index (χ0) is 12.0. The van der Waals surface area contributed by atoms with Gasteiger partial charge in [-0.05, 0) is 32.1 Å². The van der Waals surface area contributed by atoms with Crippen LogP contribution in [0, 0.1) is 5.92 Å². The average molecular weight is 263 g/mol. The van der Waals surface area contributed by atoms with Gasteiger partial charge in [0.2, 0.25) is 5.91 Å². The summed E-state index contributed by atoms with van der Waals surface area (Å²) in [5.74, 6) is 0.829. The summed E-state index contributed by atoms with van der Waals surface area (Å²) < 4.78 is 0. The Kier molecular flexibility index (Phi) is 8.61. The fourth-order valence-corrected chi connectivity index (χ4v) is 2.53. The molecule has 102 valence electrons. The van der Waals surface area contributed by atoms with Gasteiger partial charge in [-0.2, -0.15) is 0 Å². The molecule has 1 atom stereocenters. The molecule has 1 amide bonds. The number of nitrogens with two attached hydrogens (primary N) is 1. The molecule has 1 rings (SSSR count). The van der Waals surface area contributed by atoms with Crippen LogP contribution >= 0.6 is 12.4 Å². The highest BCUT2D eigenvalue weighted by atomic mass is 35.5. The van der Waals surface area contributed by atoms with E-state index < -0.39 is 0 Å². The van der Waals surface area contributed by atoms with Crippen LogP contribution in [-0.4, -0.2) is 29.9 Å². The lowest BCUT2D eigenvalue weighted by Crippen LogP contribution is -2.44. The molecule has 0 unspecified atom stereocenters. The summed E-state index contributed by atoms with van der Waals surface area (Å²) in [6.07, 6.45) is 7.61. The second-order valence-electron chi connectivity index (χ2n) is 5.08. The normalized spacial score (nSPS) is 18.3. The minimum Gasteiger partial charge on any atom is -0.341 e. The fourth-order valence-electron chi connectivity index (χ4n) is 2.53. The summed E-state index contributed by atoms with van der Waals surface area (Å²) in [6.45, 7) is 5.68. The summed E-state index contributed by atoms with van der Waals surface area (Å²) in [7, 11) is 0. The molecule has 0 aliphatic heterocycles. The van der Waals surface area contributed by atoms with Gasteiger partial charge in [-0.15, -0.1) is 12.4 Å². The lowest BCUT2D eigenvalue weighted by molar-refractivity contribution is -0.133. The van der Waals surface area contributed by atoms with Crippen molar-refractivity contribution in [3.63, 3.8) is 0 Å². The van der Waals surface area contributed by atoms with Gasteiger partial charge in [-0.25, -0.2) is 0 Å². The van der Waals surface area contributed by atoms with Crippen LogP contribution in [0.1, 0.15) is 52.4 Å². The van der Waals surface area contributed by atoms with Crippen molar-refractivity contribution in [2.45, 2.75) is 58.4 Å². The van der Waals surface area contributed by atoms with Crippen molar-refractivity contribution < 1.29 is 4.79 Å². The summed E-state index contributed by atoms with van der Waals surface area (Å²) in [6, 6.07) is -0.352. The number of nitrogens with zero attached hydrogens (tertiary/aromatic N) is 1. The van der Waals surface area contributed by atoms with Gasteiger partial charge in [0.05, 0.1) is 6.04 Å². The molecule has 3 nitrogen and oxygen atoms in total. The van der Waals surface area contributed by atoms with Crippen molar-refractivity contribution in [2.24, 2.45) is 11.7 Å². The molecule has 2 N–H and O–H groups in total. The molecular formula is C13H27ClN2O. The summed E-state index contributed by atoms with van der Waals surface area (Å²) in [5, 5.41) is 0. The average Bonchev–Trinajstić information content (AvgIpc) is 2.29. The molecule has 0 aromatic heterocycles. The molecule has 0 spiro atoms. The Bertz CT molecular complexity index is 215. The monoisotopic (exact) mass is 262 g/mol. The number of carbonyl (C=O) groups excluding carboxylic acids is 1. The SMILES string of the molecule is CCCN(CC1CCCCC1)C(=O)[C@H](C)N.Cl. The van der Waals surface area contributed by atoms with Crippen LogP contribution in [0.25, 0.3) is 0 Å². The molecule has 0 heterocycles. The maximum absolute atomic E-state index is 11.9. The van der Waals surface area contributed by atoms with Gasteiger partial charge in [0.25, 0.3) is 0 Å². The first-order valence-electron chi connectivity index (χ1n) is 6.69. The largest absolute Gasteiger partial charge is 0.341 e. The number of hydrogen-bond donors (Lipinski definition) is 1. The van der Waals surface area contributed by atoms with Crippen molar-refractivity contribution in [1.29, 1.82) is 0 Å². The Hall–Kier alpha value is -0.280. The molecule has 17 heavy (non-hydrogen) atoms. The van der Waals surface area contributed by atoms with Crippen LogP contribution < -0.4 is 5.73 Å². The number of amides is 1. The standard InChI is InChI=1S/C13H26N2O.ClH/c1-3-9-15(13(16)11(2)14)10-12-7-5-4-6-8-12;/h11-12H,3-10,14H2,1-2H3;1H/t11-;/m0./s1. The second-order valence-corrected chi connectivity index (χ2v) is 5.08. The Morgan fingerprint density at radius 1 is 1.35 bits per heavy atom. The van der Waals surface area contributed by atoms with Crippen LogP contribution in [0.3, 0.4) is 0 Å². The highest BCUT2D eigenvalue weighted by Gasteiger charge is 2.21. The molecule has 0 aromatic rings. The van der Waals surface area contributed by atoms with Gasteiger partial charge in [-0.1, -0.05) is 26.2 Å². The van der Waals surface area contributed by atoms with Gasteiger partial charge in [0.1, 0.15) is 0 Å². The van der Waals surface area contributed by atoms with E-state index in [-0.39, 0.29) is 24.4 Å². The van der Waals surface area contributed by atoms with Crippen LogP contribution in [-0.2, 0) is 4.79 Å². The van der Waals surface area contributed by atoms with Crippen LogP contribution in [0.4, 0.5) is 0 Å². The van der Waals surface area contributed by atoms with Crippen molar-refractivity contribution >= 4 is 18.3 Å². The minimum atomic E-state index is -0.352. The molecule has 1 fully saturated rings. The summed E-state index contributed by atoms with van der Waals surface area (Å²) in [4.78, 5) is 13.9.